The van der Waals surface area contributed by atoms with Crippen LogP contribution in [0.2, 0.25) is 0 Å². The molecule has 2 amide bonds. The summed E-state index contributed by atoms with van der Waals surface area (Å²) in [5.74, 6) is -1.18. The molecule has 1 aliphatic rings. The molecule has 0 aromatic heterocycles. The topological polar surface area (TPSA) is 87.2 Å². The van der Waals surface area contributed by atoms with E-state index in [9.17, 15) is 14.4 Å². The maximum Gasteiger partial charge on any atom is 0.325 e. The zero-order valence-electron chi connectivity index (χ0n) is 11.3. The number of ether oxygens (including phenoxy) is 1. The summed E-state index contributed by atoms with van der Waals surface area (Å²) in [6.07, 6.45) is 2.04. The van der Waals surface area contributed by atoms with Gasteiger partial charge in [-0.3, -0.25) is 9.59 Å². The van der Waals surface area contributed by atoms with E-state index < -0.39 is 18.0 Å². The fourth-order valence-corrected chi connectivity index (χ4v) is 1.72. The molecule has 108 valence electrons. The highest BCUT2D eigenvalue weighted by molar-refractivity contribution is 5.83. The first-order valence-corrected chi connectivity index (χ1v) is 6.30. The van der Waals surface area contributed by atoms with Gasteiger partial charge >= 0.3 is 18.0 Å². The van der Waals surface area contributed by atoms with E-state index in [2.05, 4.69) is 4.74 Å². The number of amides is 2. The second kappa shape index (κ2) is 6.96. The zero-order chi connectivity index (χ0) is 14.4. The van der Waals surface area contributed by atoms with E-state index in [1.165, 1.54) is 16.9 Å². The van der Waals surface area contributed by atoms with E-state index in [1.54, 1.807) is 6.92 Å². The van der Waals surface area contributed by atoms with Crippen LogP contribution in [-0.4, -0.2) is 66.2 Å². The third-order valence-electron chi connectivity index (χ3n) is 2.97. The van der Waals surface area contributed by atoms with Crippen molar-refractivity contribution < 1.29 is 24.2 Å². The van der Waals surface area contributed by atoms with Crippen molar-refractivity contribution in [3.8, 4) is 0 Å². The van der Waals surface area contributed by atoms with Gasteiger partial charge in [-0.1, -0.05) is 0 Å². The van der Waals surface area contributed by atoms with E-state index in [4.69, 9.17) is 5.11 Å². The molecule has 0 bridgehead atoms. The molecule has 0 heterocycles. The van der Waals surface area contributed by atoms with Gasteiger partial charge in [0.1, 0.15) is 13.1 Å². The number of esters is 1. The van der Waals surface area contributed by atoms with Crippen LogP contribution in [0.15, 0.2) is 0 Å². The predicted octanol–water partition coefficient (Wildman–Crippen LogP) is 0.398. The van der Waals surface area contributed by atoms with Crippen LogP contribution in [0.25, 0.3) is 0 Å². The van der Waals surface area contributed by atoms with Crippen molar-refractivity contribution in [1.82, 2.24) is 9.80 Å². The van der Waals surface area contributed by atoms with Gasteiger partial charge in [0, 0.05) is 13.1 Å². The van der Waals surface area contributed by atoms with Crippen LogP contribution in [-0.2, 0) is 14.3 Å². The lowest BCUT2D eigenvalue weighted by Gasteiger charge is -2.28. The fraction of sp³-hybridized carbons (Fsp3) is 0.750. The molecule has 0 unspecified atom stereocenters. The Kier molecular flexibility index (Phi) is 5.59. The quantitative estimate of drug-likeness (QED) is 0.678. The average Bonchev–Trinajstić information content (AvgIpc) is 3.17. The van der Waals surface area contributed by atoms with Gasteiger partial charge in [-0.05, 0) is 25.7 Å². The molecule has 7 heteroatoms. The Bertz CT molecular complexity index is 354. The highest BCUT2D eigenvalue weighted by Gasteiger charge is 2.30. The van der Waals surface area contributed by atoms with E-state index in [-0.39, 0.29) is 13.1 Å². The summed E-state index contributed by atoms with van der Waals surface area (Å²) >= 11 is 0. The maximum atomic E-state index is 12.2. The minimum atomic E-state index is -1.05. The normalized spacial score (nSPS) is 13.8. The second-order valence-electron chi connectivity index (χ2n) is 4.59. The molecule has 1 fully saturated rings. The lowest BCUT2D eigenvalue weighted by molar-refractivity contribution is -0.141. The van der Waals surface area contributed by atoms with Gasteiger partial charge in [-0.15, -0.1) is 0 Å². The molecular formula is C12H20N2O5. The summed E-state index contributed by atoms with van der Waals surface area (Å²) in [5.41, 5.74) is 0. The summed E-state index contributed by atoms with van der Waals surface area (Å²) in [7, 11) is 1.25. The van der Waals surface area contributed by atoms with Gasteiger partial charge < -0.3 is 19.6 Å². The number of hydrogen-bond acceptors (Lipinski definition) is 4. The Morgan fingerprint density at radius 2 is 1.84 bits per heavy atom. The monoisotopic (exact) mass is 272 g/mol. The molecule has 1 rings (SSSR count). The van der Waals surface area contributed by atoms with Crippen LogP contribution in [0, 0.1) is 5.92 Å². The number of carbonyl (C=O) groups is 3. The standard InChI is InChI=1S/C12H20N2O5/c1-3-13(8-11(17)19-2)12(18)14(7-10(15)16)6-9-4-5-9/h9H,3-8H2,1-2H3,(H,15,16). The summed E-state index contributed by atoms with van der Waals surface area (Å²) in [4.78, 5) is 36.8. The number of methoxy groups -OCH3 is 1. The van der Waals surface area contributed by atoms with Crippen molar-refractivity contribution in [3.63, 3.8) is 0 Å². The number of urea groups is 1. The first-order valence-electron chi connectivity index (χ1n) is 6.30. The molecule has 1 N–H and O–H groups in total. The number of carboxylic acids is 1. The summed E-state index contributed by atoms with van der Waals surface area (Å²) in [6, 6.07) is -0.429. The molecule has 1 aliphatic carbocycles. The number of carbonyl (C=O) groups excluding carboxylic acids is 2. The van der Waals surface area contributed by atoms with Gasteiger partial charge in [-0.2, -0.15) is 0 Å². The van der Waals surface area contributed by atoms with Crippen molar-refractivity contribution in [1.29, 1.82) is 0 Å². The largest absolute Gasteiger partial charge is 0.480 e. The van der Waals surface area contributed by atoms with Gasteiger partial charge in [0.05, 0.1) is 7.11 Å². The molecule has 1 saturated carbocycles. The predicted molar refractivity (Wildman–Crippen MR) is 66.6 cm³/mol. The van der Waals surface area contributed by atoms with Crippen molar-refractivity contribution in [2.24, 2.45) is 5.92 Å². The Labute approximate surface area is 112 Å². The first-order chi connectivity index (χ1) is 8.97. The minimum Gasteiger partial charge on any atom is -0.480 e. The summed E-state index contributed by atoms with van der Waals surface area (Å²) < 4.78 is 4.52. The van der Waals surface area contributed by atoms with Gasteiger partial charge in [0.2, 0.25) is 0 Å². The van der Waals surface area contributed by atoms with Gasteiger partial charge in [-0.25, -0.2) is 4.79 Å². The Morgan fingerprint density at radius 1 is 1.21 bits per heavy atom. The van der Waals surface area contributed by atoms with E-state index in [0.717, 1.165) is 12.8 Å². The fourth-order valence-electron chi connectivity index (χ4n) is 1.72. The van der Waals surface area contributed by atoms with E-state index in [0.29, 0.717) is 19.0 Å². The van der Waals surface area contributed by atoms with E-state index >= 15 is 0 Å². The van der Waals surface area contributed by atoms with Crippen molar-refractivity contribution in [2.75, 3.05) is 33.3 Å². The Balaban J connectivity index is 2.64. The number of nitrogens with zero attached hydrogens (tertiary/aromatic N) is 2. The number of hydrogen-bond donors (Lipinski definition) is 1. The minimum absolute atomic E-state index is 0.160. The molecule has 0 aliphatic heterocycles. The lowest BCUT2D eigenvalue weighted by Crippen LogP contribution is -2.48. The summed E-state index contributed by atoms with van der Waals surface area (Å²) in [5, 5.41) is 8.84. The van der Waals surface area contributed by atoms with Crippen molar-refractivity contribution in [3.05, 3.63) is 0 Å². The molecule has 0 aromatic rings. The summed E-state index contributed by atoms with van der Waals surface area (Å²) in [6.45, 7) is 1.99. The third kappa shape index (κ3) is 5.15. The smallest absolute Gasteiger partial charge is 0.325 e. The number of likely N-dealkylation sites (N-methyl/N-ethyl adjacent to an activating group) is 1. The molecule has 0 atom stereocenters. The zero-order valence-corrected chi connectivity index (χ0v) is 11.3. The highest BCUT2D eigenvalue weighted by atomic mass is 16.5. The van der Waals surface area contributed by atoms with Crippen LogP contribution in [0.1, 0.15) is 19.8 Å². The van der Waals surface area contributed by atoms with Crippen molar-refractivity contribution in [2.45, 2.75) is 19.8 Å². The van der Waals surface area contributed by atoms with Gasteiger partial charge in [0.15, 0.2) is 0 Å². The Morgan fingerprint density at radius 3 is 2.26 bits per heavy atom. The van der Waals surface area contributed by atoms with Crippen LogP contribution in [0.3, 0.4) is 0 Å². The Hall–Kier alpha value is -1.79. The van der Waals surface area contributed by atoms with Crippen LogP contribution >= 0.6 is 0 Å². The molecule has 0 saturated heterocycles. The average molecular weight is 272 g/mol. The van der Waals surface area contributed by atoms with Crippen LogP contribution in [0.4, 0.5) is 4.79 Å². The lowest BCUT2D eigenvalue weighted by atomic mass is 10.3. The second-order valence-corrected chi connectivity index (χ2v) is 4.59. The maximum absolute atomic E-state index is 12.2. The third-order valence-corrected chi connectivity index (χ3v) is 2.97. The number of rotatable bonds is 7. The first kappa shape index (κ1) is 15.3. The molecule has 19 heavy (non-hydrogen) atoms. The molecule has 7 nitrogen and oxygen atoms in total. The number of carboxylic acid groups (broad SMARTS) is 1. The van der Waals surface area contributed by atoms with Crippen molar-refractivity contribution >= 4 is 18.0 Å². The molecule has 0 spiro atoms. The highest BCUT2D eigenvalue weighted by Crippen LogP contribution is 2.29. The van der Waals surface area contributed by atoms with Crippen LogP contribution < -0.4 is 0 Å². The SMILES string of the molecule is CCN(CC(=O)OC)C(=O)N(CC(=O)O)CC1CC1. The molecule has 0 aromatic carbocycles. The van der Waals surface area contributed by atoms with E-state index in [1.807, 2.05) is 0 Å². The molecule has 0 radical (unpaired) electrons. The van der Waals surface area contributed by atoms with Gasteiger partial charge in [0.25, 0.3) is 0 Å². The van der Waals surface area contributed by atoms with Crippen LogP contribution in [0.5, 0.6) is 0 Å². The number of aliphatic carboxylic acids is 1. The molecular weight excluding hydrogens is 252 g/mol.